The SMILES string of the molecule is CCOC(=O)c1cc(Cn2cc(-c3ccccc3)nn2)[nH]n1. The van der Waals surface area contributed by atoms with Crippen LogP contribution in [0.25, 0.3) is 11.3 Å². The van der Waals surface area contributed by atoms with Gasteiger partial charge < -0.3 is 4.74 Å². The van der Waals surface area contributed by atoms with Gasteiger partial charge in [0.15, 0.2) is 5.69 Å². The Balaban J connectivity index is 1.72. The number of esters is 1. The highest BCUT2D eigenvalue weighted by Crippen LogP contribution is 2.15. The second kappa shape index (κ2) is 6.21. The number of carbonyl (C=O) groups is 1. The molecular weight excluding hydrogens is 282 g/mol. The molecule has 0 aliphatic rings. The van der Waals surface area contributed by atoms with Crippen LogP contribution in [-0.2, 0) is 11.3 Å². The molecule has 0 spiro atoms. The summed E-state index contributed by atoms with van der Waals surface area (Å²) in [5.74, 6) is -0.437. The average molecular weight is 297 g/mol. The zero-order valence-electron chi connectivity index (χ0n) is 12.1. The van der Waals surface area contributed by atoms with E-state index in [-0.39, 0.29) is 5.69 Å². The third-order valence-electron chi connectivity index (χ3n) is 3.06. The zero-order valence-corrected chi connectivity index (χ0v) is 12.1. The Morgan fingerprint density at radius 2 is 2.14 bits per heavy atom. The molecule has 112 valence electrons. The lowest BCUT2D eigenvalue weighted by Gasteiger charge is -1.96. The third-order valence-corrected chi connectivity index (χ3v) is 3.06. The van der Waals surface area contributed by atoms with Gasteiger partial charge in [-0.1, -0.05) is 35.5 Å². The highest BCUT2D eigenvalue weighted by atomic mass is 16.5. The lowest BCUT2D eigenvalue weighted by atomic mass is 10.2. The number of aromatic nitrogens is 5. The molecule has 3 rings (SSSR count). The number of rotatable bonds is 5. The van der Waals surface area contributed by atoms with Crippen LogP contribution in [-0.4, -0.2) is 37.8 Å². The van der Waals surface area contributed by atoms with Crippen molar-refractivity contribution in [2.45, 2.75) is 13.5 Å². The molecule has 0 unspecified atom stereocenters. The molecule has 0 atom stereocenters. The van der Waals surface area contributed by atoms with Gasteiger partial charge in [0, 0.05) is 5.56 Å². The molecular formula is C15H15N5O2. The Hall–Kier alpha value is -2.96. The quantitative estimate of drug-likeness (QED) is 0.727. The van der Waals surface area contributed by atoms with Crippen molar-refractivity contribution in [1.82, 2.24) is 25.2 Å². The second-order valence-corrected chi connectivity index (χ2v) is 4.67. The van der Waals surface area contributed by atoms with Gasteiger partial charge in [-0.3, -0.25) is 5.10 Å². The number of H-pyrrole nitrogens is 1. The van der Waals surface area contributed by atoms with Crippen molar-refractivity contribution < 1.29 is 9.53 Å². The van der Waals surface area contributed by atoms with Gasteiger partial charge in [0.1, 0.15) is 5.69 Å². The molecule has 0 saturated heterocycles. The van der Waals surface area contributed by atoms with Crippen molar-refractivity contribution in [2.75, 3.05) is 6.61 Å². The first-order valence-electron chi connectivity index (χ1n) is 6.93. The second-order valence-electron chi connectivity index (χ2n) is 4.67. The molecule has 7 nitrogen and oxygen atoms in total. The molecule has 2 heterocycles. The number of ether oxygens (including phenoxy) is 1. The summed E-state index contributed by atoms with van der Waals surface area (Å²) in [7, 11) is 0. The minimum Gasteiger partial charge on any atom is -0.461 e. The standard InChI is InChI=1S/C15H15N5O2/c1-2-22-15(21)13-8-12(16-17-13)9-20-10-14(18-19-20)11-6-4-3-5-7-11/h3-8,10H,2,9H2,1H3,(H,16,17). The Labute approximate surface area is 126 Å². The molecule has 2 aromatic heterocycles. The van der Waals surface area contributed by atoms with E-state index in [0.29, 0.717) is 13.2 Å². The van der Waals surface area contributed by atoms with Gasteiger partial charge in [-0.05, 0) is 13.0 Å². The van der Waals surface area contributed by atoms with Crippen molar-refractivity contribution in [3.63, 3.8) is 0 Å². The fraction of sp³-hybridized carbons (Fsp3) is 0.200. The molecule has 22 heavy (non-hydrogen) atoms. The largest absolute Gasteiger partial charge is 0.461 e. The summed E-state index contributed by atoms with van der Waals surface area (Å²) in [6.07, 6.45) is 1.85. The minimum absolute atomic E-state index is 0.264. The number of nitrogens with one attached hydrogen (secondary N) is 1. The lowest BCUT2D eigenvalue weighted by Crippen LogP contribution is -2.04. The molecule has 0 aliphatic heterocycles. The van der Waals surface area contributed by atoms with E-state index >= 15 is 0 Å². The van der Waals surface area contributed by atoms with Crippen LogP contribution < -0.4 is 0 Å². The maximum Gasteiger partial charge on any atom is 0.358 e. The summed E-state index contributed by atoms with van der Waals surface area (Å²) >= 11 is 0. The number of hydrogen-bond acceptors (Lipinski definition) is 5. The van der Waals surface area contributed by atoms with E-state index in [0.717, 1.165) is 17.0 Å². The molecule has 1 aromatic carbocycles. The predicted molar refractivity (Wildman–Crippen MR) is 79.1 cm³/mol. The first kappa shape index (κ1) is 14.0. The van der Waals surface area contributed by atoms with Crippen LogP contribution in [0.2, 0.25) is 0 Å². The summed E-state index contributed by atoms with van der Waals surface area (Å²) in [4.78, 5) is 11.6. The lowest BCUT2D eigenvalue weighted by molar-refractivity contribution is 0.0519. The molecule has 0 bridgehead atoms. The minimum atomic E-state index is -0.437. The first-order valence-corrected chi connectivity index (χ1v) is 6.93. The Bertz CT molecular complexity index is 763. The van der Waals surface area contributed by atoms with Crippen LogP contribution in [0.1, 0.15) is 23.1 Å². The van der Waals surface area contributed by atoms with Crippen molar-refractivity contribution in [2.24, 2.45) is 0 Å². The fourth-order valence-electron chi connectivity index (χ4n) is 2.04. The molecule has 0 saturated carbocycles. The number of benzene rings is 1. The molecule has 7 heteroatoms. The summed E-state index contributed by atoms with van der Waals surface area (Å²) < 4.78 is 6.58. The summed E-state index contributed by atoms with van der Waals surface area (Å²) in [5.41, 5.74) is 2.82. The summed E-state index contributed by atoms with van der Waals surface area (Å²) in [6, 6.07) is 11.5. The van der Waals surface area contributed by atoms with Crippen molar-refractivity contribution >= 4 is 5.97 Å². The van der Waals surface area contributed by atoms with E-state index in [4.69, 9.17) is 4.74 Å². The molecule has 0 amide bonds. The maximum atomic E-state index is 11.6. The van der Waals surface area contributed by atoms with Crippen molar-refractivity contribution in [1.29, 1.82) is 0 Å². The monoisotopic (exact) mass is 297 g/mol. The van der Waals surface area contributed by atoms with E-state index in [1.165, 1.54) is 0 Å². The van der Waals surface area contributed by atoms with Crippen LogP contribution in [0, 0.1) is 0 Å². The number of hydrogen-bond donors (Lipinski definition) is 1. The van der Waals surface area contributed by atoms with Crippen molar-refractivity contribution in [3.05, 3.63) is 54.0 Å². The number of carbonyl (C=O) groups excluding carboxylic acids is 1. The van der Waals surface area contributed by atoms with E-state index in [2.05, 4.69) is 20.5 Å². The highest BCUT2D eigenvalue weighted by molar-refractivity contribution is 5.87. The van der Waals surface area contributed by atoms with Crippen LogP contribution in [0.5, 0.6) is 0 Å². The van der Waals surface area contributed by atoms with E-state index < -0.39 is 5.97 Å². The molecule has 0 radical (unpaired) electrons. The Morgan fingerprint density at radius 1 is 1.32 bits per heavy atom. The molecule has 0 fully saturated rings. The van der Waals surface area contributed by atoms with E-state index in [1.807, 2.05) is 36.5 Å². The first-order chi connectivity index (χ1) is 10.8. The van der Waals surface area contributed by atoms with Crippen LogP contribution >= 0.6 is 0 Å². The van der Waals surface area contributed by atoms with E-state index in [9.17, 15) is 4.79 Å². The fourth-order valence-corrected chi connectivity index (χ4v) is 2.04. The number of aromatic amines is 1. The highest BCUT2D eigenvalue weighted by Gasteiger charge is 2.12. The molecule has 1 N–H and O–H groups in total. The average Bonchev–Trinajstić information content (AvgIpc) is 3.18. The normalized spacial score (nSPS) is 10.6. The van der Waals surface area contributed by atoms with Crippen LogP contribution in [0.15, 0.2) is 42.6 Å². The van der Waals surface area contributed by atoms with Gasteiger partial charge in [0.25, 0.3) is 0 Å². The molecule has 0 aliphatic carbocycles. The van der Waals surface area contributed by atoms with Crippen molar-refractivity contribution in [3.8, 4) is 11.3 Å². The van der Waals surface area contributed by atoms with Gasteiger partial charge in [-0.25, -0.2) is 9.48 Å². The van der Waals surface area contributed by atoms with Crippen LogP contribution in [0.4, 0.5) is 0 Å². The van der Waals surface area contributed by atoms with Gasteiger partial charge in [0.05, 0.1) is 25.0 Å². The van der Waals surface area contributed by atoms with Gasteiger partial charge >= 0.3 is 5.97 Å². The zero-order chi connectivity index (χ0) is 15.4. The molecule has 3 aromatic rings. The summed E-state index contributed by atoms with van der Waals surface area (Å²) in [5, 5.41) is 15.0. The Morgan fingerprint density at radius 3 is 2.91 bits per heavy atom. The third kappa shape index (κ3) is 3.03. The van der Waals surface area contributed by atoms with Crippen LogP contribution in [0.3, 0.4) is 0 Å². The van der Waals surface area contributed by atoms with E-state index in [1.54, 1.807) is 17.7 Å². The predicted octanol–water partition coefficient (Wildman–Crippen LogP) is 1.89. The van der Waals surface area contributed by atoms with Gasteiger partial charge in [-0.15, -0.1) is 5.10 Å². The number of nitrogens with zero attached hydrogens (tertiary/aromatic N) is 4. The Kier molecular flexibility index (Phi) is 3.95. The summed E-state index contributed by atoms with van der Waals surface area (Å²) in [6.45, 7) is 2.53. The van der Waals surface area contributed by atoms with Gasteiger partial charge in [0.2, 0.25) is 0 Å². The maximum absolute atomic E-state index is 11.6. The topological polar surface area (TPSA) is 85.7 Å². The smallest absolute Gasteiger partial charge is 0.358 e. The van der Waals surface area contributed by atoms with Gasteiger partial charge in [-0.2, -0.15) is 5.10 Å².